The van der Waals surface area contributed by atoms with Crippen LogP contribution in [0.25, 0.3) is 0 Å². The van der Waals surface area contributed by atoms with Gasteiger partial charge >= 0.3 is 8.80 Å². The van der Waals surface area contributed by atoms with Gasteiger partial charge in [-0.15, -0.1) is 0 Å². The second-order valence-corrected chi connectivity index (χ2v) is 7.16. The monoisotopic (exact) mass is 270 g/mol. The average Bonchev–Trinajstić information content (AvgIpc) is 2.39. The molecule has 1 aromatic rings. The summed E-state index contributed by atoms with van der Waals surface area (Å²) in [7, 11) is 3.98. The van der Waals surface area contributed by atoms with E-state index in [4.69, 9.17) is 18.0 Å². The molecule has 0 aliphatic carbocycles. The molecule has 4 nitrogen and oxygen atoms in total. The van der Waals surface area contributed by atoms with Crippen molar-refractivity contribution in [3.8, 4) is 5.75 Å². The molecule has 0 saturated heterocycles. The van der Waals surface area contributed by atoms with Crippen molar-refractivity contribution in [2.45, 2.75) is 19.9 Å². The maximum absolute atomic E-state index is 5.47. The molecule has 0 spiro atoms. The van der Waals surface area contributed by atoms with E-state index in [0.717, 1.165) is 16.9 Å². The standard InChI is InChI=1S/C13H22O4Si/c1-10-7-12(14-3)8-11(2)13(10)9-18(15-4,16-5)17-6/h7-8H,9H2,1-6H3. The molecule has 0 aliphatic rings. The molecular weight excluding hydrogens is 248 g/mol. The van der Waals surface area contributed by atoms with Crippen molar-refractivity contribution < 1.29 is 18.0 Å². The Morgan fingerprint density at radius 2 is 1.33 bits per heavy atom. The maximum Gasteiger partial charge on any atom is 0.504 e. The van der Waals surface area contributed by atoms with Gasteiger partial charge in [0.25, 0.3) is 0 Å². The fourth-order valence-corrected chi connectivity index (χ4v) is 3.96. The molecule has 1 aromatic carbocycles. The topological polar surface area (TPSA) is 36.9 Å². The molecule has 0 heterocycles. The number of hydrogen-bond acceptors (Lipinski definition) is 4. The molecule has 0 N–H and O–H groups in total. The number of rotatable bonds is 6. The van der Waals surface area contributed by atoms with Crippen LogP contribution >= 0.6 is 0 Å². The molecule has 0 radical (unpaired) electrons. The van der Waals surface area contributed by atoms with Crippen LogP contribution in [0.1, 0.15) is 16.7 Å². The van der Waals surface area contributed by atoms with Crippen LogP contribution in [0.3, 0.4) is 0 Å². The van der Waals surface area contributed by atoms with Gasteiger partial charge in [0.1, 0.15) is 5.75 Å². The van der Waals surface area contributed by atoms with Gasteiger partial charge < -0.3 is 18.0 Å². The summed E-state index contributed by atoms with van der Waals surface area (Å²) in [6.07, 6.45) is 0. The molecule has 0 unspecified atom stereocenters. The Morgan fingerprint density at radius 1 is 0.889 bits per heavy atom. The zero-order chi connectivity index (χ0) is 13.8. The SMILES string of the molecule is COc1cc(C)c(C[Si](OC)(OC)OC)c(C)c1. The Kier molecular flexibility index (Phi) is 5.34. The summed E-state index contributed by atoms with van der Waals surface area (Å²) in [4.78, 5) is 0. The number of benzene rings is 1. The van der Waals surface area contributed by atoms with Gasteiger partial charge in [0.2, 0.25) is 0 Å². The third-order valence-corrected chi connectivity index (χ3v) is 5.88. The maximum atomic E-state index is 5.47. The smallest absolute Gasteiger partial charge is 0.497 e. The van der Waals surface area contributed by atoms with Gasteiger partial charge in [-0.2, -0.15) is 0 Å². The van der Waals surface area contributed by atoms with Crippen molar-refractivity contribution in [3.63, 3.8) is 0 Å². The van der Waals surface area contributed by atoms with E-state index < -0.39 is 8.80 Å². The molecule has 0 aromatic heterocycles. The third-order valence-electron chi connectivity index (χ3n) is 3.23. The second-order valence-electron chi connectivity index (χ2n) is 4.21. The molecule has 5 heteroatoms. The number of methoxy groups -OCH3 is 1. The van der Waals surface area contributed by atoms with Gasteiger partial charge in [-0.1, -0.05) is 0 Å². The van der Waals surface area contributed by atoms with Crippen LogP contribution < -0.4 is 4.74 Å². The van der Waals surface area contributed by atoms with Crippen molar-refractivity contribution in [3.05, 3.63) is 28.8 Å². The van der Waals surface area contributed by atoms with Crippen LogP contribution in [-0.4, -0.2) is 37.2 Å². The molecular formula is C13H22O4Si. The van der Waals surface area contributed by atoms with E-state index >= 15 is 0 Å². The lowest BCUT2D eigenvalue weighted by Gasteiger charge is -2.26. The van der Waals surface area contributed by atoms with Crippen molar-refractivity contribution in [1.29, 1.82) is 0 Å². The quantitative estimate of drug-likeness (QED) is 0.743. The summed E-state index contributed by atoms with van der Waals surface area (Å²) in [6.45, 7) is 4.12. The lowest BCUT2D eigenvalue weighted by atomic mass is 10.0. The van der Waals surface area contributed by atoms with Crippen molar-refractivity contribution in [2.75, 3.05) is 28.4 Å². The van der Waals surface area contributed by atoms with E-state index in [1.807, 2.05) is 12.1 Å². The number of aryl methyl sites for hydroxylation is 2. The van der Waals surface area contributed by atoms with Gasteiger partial charge in [0.05, 0.1) is 7.11 Å². The summed E-state index contributed by atoms with van der Waals surface area (Å²) < 4.78 is 21.7. The van der Waals surface area contributed by atoms with Gasteiger partial charge in [0, 0.05) is 27.4 Å². The third kappa shape index (κ3) is 3.11. The molecule has 0 bridgehead atoms. The first-order valence-corrected chi connectivity index (χ1v) is 7.74. The van der Waals surface area contributed by atoms with E-state index in [1.54, 1.807) is 28.4 Å². The Bertz CT molecular complexity index is 371. The van der Waals surface area contributed by atoms with Crippen molar-refractivity contribution >= 4 is 8.80 Å². The predicted molar refractivity (Wildman–Crippen MR) is 73.0 cm³/mol. The minimum Gasteiger partial charge on any atom is -0.497 e. The number of hydrogen-bond donors (Lipinski definition) is 0. The fraction of sp³-hybridized carbons (Fsp3) is 0.538. The summed E-state index contributed by atoms with van der Waals surface area (Å²) in [5.74, 6) is 0.869. The summed E-state index contributed by atoms with van der Waals surface area (Å²) in [5, 5.41) is 0. The van der Waals surface area contributed by atoms with Crippen LogP contribution in [0.15, 0.2) is 12.1 Å². The highest BCUT2D eigenvalue weighted by atomic mass is 28.4. The van der Waals surface area contributed by atoms with Crippen LogP contribution in [0.5, 0.6) is 5.75 Å². The minimum absolute atomic E-state index is 0.665. The minimum atomic E-state index is -2.59. The number of ether oxygens (including phenoxy) is 1. The van der Waals surface area contributed by atoms with E-state index in [9.17, 15) is 0 Å². The lowest BCUT2D eigenvalue weighted by molar-refractivity contribution is 0.122. The summed E-state index contributed by atoms with van der Waals surface area (Å²) in [5.41, 5.74) is 3.53. The first kappa shape index (κ1) is 15.2. The first-order chi connectivity index (χ1) is 8.51. The lowest BCUT2D eigenvalue weighted by Crippen LogP contribution is -2.46. The highest BCUT2D eigenvalue weighted by Crippen LogP contribution is 2.25. The molecule has 0 aliphatic heterocycles. The molecule has 1 rings (SSSR count). The fourth-order valence-electron chi connectivity index (χ4n) is 2.03. The van der Waals surface area contributed by atoms with E-state index in [-0.39, 0.29) is 0 Å². The van der Waals surface area contributed by atoms with Crippen LogP contribution in [-0.2, 0) is 19.3 Å². The predicted octanol–water partition coefficient (Wildman–Crippen LogP) is 2.27. The Labute approximate surface area is 110 Å². The van der Waals surface area contributed by atoms with Crippen molar-refractivity contribution in [1.82, 2.24) is 0 Å². The highest BCUT2D eigenvalue weighted by Gasteiger charge is 2.38. The molecule has 0 fully saturated rings. The average molecular weight is 270 g/mol. The van der Waals surface area contributed by atoms with Crippen LogP contribution in [0.2, 0.25) is 0 Å². The molecule has 18 heavy (non-hydrogen) atoms. The largest absolute Gasteiger partial charge is 0.504 e. The summed E-state index contributed by atoms with van der Waals surface area (Å²) in [6, 6.07) is 4.70. The Morgan fingerprint density at radius 3 is 1.67 bits per heavy atom. The molecule has 0 atom stereocenters. The molecule has 0 saturated carbocycles. The Hall–Kier alpha value is -0.883. The van der Waals surface area contributed by atoms with Gasteiger partial charge in [-0.3, -0.25) is 0 Å². The van der Waals surface area contributed by atoms with E-state index in [2.05, 4.69) is 13.8 Å². The van der Waals surface area contributed by atoms with Crippen LogP contribution in [0, 0.1) is 13.8 Å². The van der Waals surface area contributed by atoms with E-state index in [1.165, 1.54) is 5.56 Å². The molecule has 0 amide bonds. The van der Waals surface area contributed by atoms with Gasteiger partial charge in [-0.05, 0) is 42.7 Å². The van der Waals surface area contributed by atoms with E-state index in [0.29, 0.717) is 6.04 Å². The summed E-state index contributed by atoms with van der Waals surface area (Å²) >= 11 is 0. The van der Waals surface area contributed by atoms with Crippen molar-refractivity contribution in [2.24, 2.45) is 0 Å². The second kappa shape index (κ2) is 6.33. The normalized spacial score (nSPS) is 11.7. The Balaban J connectivity index is 3.10. The van der Waals surface area contributed by atoms with Gasteiger partial charge in [-0.25, -0.2) is 0 Å². The van der Waals surface area contributed by atoms with Crippen LogP contribution in [0.4, 0.5) is 0 Å². The zero-order valence-electron chi connectivity index (χ0n) is 12.0. The first-order valence-electron chi connectivity index (χ1n) is 5.81. The van der Waals surface area contributed by atoms with Gasteiger partial charge in [0.15, 0.2) is 0 Å². The molecule has 102 valence electrons. The zero-order valence-corrected chi connectivity index (χ0v) is 13.0. The highest BCUT2D eigenvalue weighted by molar-refractivity contribution is 6.60.